The summed E-state index contributed by atoms with van der Waals surface area (Å²) in [6, 6.07) is 11.7. The van der Waals surface area contributed by atoms with E-state index in [1.165, 1.54) is 17.0 Å². The second-order valence-electron chi connectivity index (χ2n) is 5.89. The second-order valence-corrected chi connectivity index (χ2v) is 6.29. The quantitative estimate of drug-likeness (QED) is 0.710. The lowest BCUT2D eigenvalue weighted by Gasteiger charge is -2.18. The van der Waals surface area contributed by atoms with Crippen LogP contribution in [-0.4, -0.2) is 38.7 Å². The Labute approximate surface area is 169 Å². The molecule has 8 heteroatoms. The number of benzene rings is 2. The van der Waals surface area contributed by atoms with Gasteiger partial charge >= 0.3 is 6.09 Å². The van der Waals surface area contributed by atoms with Crippen molar-refractivity contribution < 1.29 is 18.7 Å². The fourth-order valence-corrected chi connectivity index (χ4v) is 2.42. The van der Waals surface area contributed by atoms with Gasteiger partial charge in [0, 0.05) is 32.6 Å². The van der Waals surface area contributed by atoms with Crippen molar-refractivity contribution in [3.05, 3.63) is 58.9 Å². The van der Waals surface area contributed by atoms with Crippen LogP contribution in [0.25, 0.3) is 0 Å². The highest BCUT2D eigenvalue weighted by molar-refractivity contribution is 6.30. The smallest absolute Gasteiger partial charge is 0.414 e. The van der Waals surface area contributed by atoms with E-state index in [9.17, 15) is 9.18 Å². The molecule has 0 spiro atoms. The number of hydrogen-bond acceptors (Lipinski definition) is 4. The van der Waals surface area contributed by atoms with E-state index in [2.05, 4.69) is 5.32 Å². The van der Waals surface area contributed by atoms with Crippen LogP contribution < -0.4 is 14.8 Å². The zero-order chi connectivity index (χ0) is 19.1. The van der Waals surface area contributed by atoms with E-state index in [1.807, 2.05) is 19.2 Å². The van der Waals surface area contributed by atoms with Crippen LogP contribution in [0.4, 0.5) is 9.18 Å². The van der Waals surface area contributed by atoms with Crippen molar-refractivity contribution in [1.82, 2.24) is 10.2 Å². The maximum Gasteiger partial charge on any atom is 0.414 e. The lowest BCUT2D eigenvalue weighted by molar-refractivity contribution is 0.172. The highest BCUT2D eigenvalue weighted by Crippen LogP contribution is 2.23. The van der Waals surface area contributed by atoms with Crippen LogP contribution in [0.3, 0.4) is 0 Å². The van der Waals surface area contributed by atoms with Crippen LogP contribution >= 0.6 is 24.0 Å². The van der Waals surface area contributed by atoms with E-state index in [0.717, 1.165) is 5.56 Å². The standard InChI is InChI=1S/C19H22ClFN2O3.ClH/c1-22-18(10-11-25-15-8-9-16(20)17(21)12-15)13-4-6-14(7-5-13)26-19(24)23(2)3;/h4-9,12,18,22H,10-11H2,1-3H3;1H. The molecule has 0 radical (unpaired) electrons. The van der Waals surface area contributed by atoms with E-state index in [-0.39, 0.29) is 23.5 Å². The maximum atomic E-state index is 13.4. The number of hydrogen-bond donors (Lipinski definition) is 1. The lowest BCUT2D eigenvalue weighted by atomic mass is 10.0. The molecule has 2 aromatic carbocycles. The van der Waals surface area contributed by atoms with Crippen LogP contribution in [0.1, 0.15) is 18.0 Å². The van der Waals surface area contributed by atoms with E-state index >= 15 is 0 Å². The minimum absolute atomic E-state index is 0. The summed E-state index contributed by atoms with van der Waals surface area (Å²) in [5.74, 6) is 0.417. The summed E-state index contributed by atoms with van der Waals surface area (Å²) >= 11 is 5.65. The molecule has 2 aromatic rings. The number of nitrogens with zero attached hydrogens (tertiary/aromatic N) is 1. The van der Waals surface area contributed by atoms with Crippen LogP contribution in [0.5, 0.6) is 11.5 Å². The Bertz CT molecular complexity index is 742. The number of rotatable bonds is 7. The van der Waals surface area contributed by atoms with Gasteiger partial charge in [0.05, 0.1) is 11.6 Å². The topological polar surface area (TPSA) is 50.8 Å². The third kappa shape index (κ3) is 6.90. The Kier molecular flexibility index (Phi) is 9.35. The fraction of sp³-hybridized carbons (Fsp3) is 0.316. The first-order chi connectivity index (χ1) is 12.4. The molecule has 1 unspecified atom stereocenters. The number of nitrogens with one attached hydrogen (secondary N) is 1. The van der Waals surface area contributed by atoms with Gasteiger partial charge in [0.2, 0.25) is 0 Å². The van der Waals surface area contributed by atoms with Crippen LogP contribution in [-0.2, 0) is 0 Å². The Morgan fingerprint density at radius 2 is 1.81 bits per heavy atom. The number of ether oxygens (including phenoxy) is 2. The number of halogens is 3. The molecule has 0 aliphatic heterocycles. The van der Waals surface area contributed by atoms with Gasteiger partial charge in [0.15, 0.2) is 0 Å². The van der Waals surface area contributed by atoms with Gasteiger partial charge in [-0.3, -0.25) is 0 Å². The molecular weight excluding hydrogens is 394 g/mol. The van der Waals surface area contributed by atoms with E-state index in [0.29, 0.717) is 24.5 Å². The predicted octanol–water partition coefficient (Wildman–Crippen LogP) is 4.69. The molecule has 0 heterocycles. The van der Waals surface area contributed by atoms with Crippen molar-refractivity contribution in [2.45, 2.75) is 12.5 Å². The Balaban J connectivity index is 0.00000364. The number of carbonyl (C=O) groups excluding carboxylic acids is 1. The molecule has 2 rings (SSSR count). The maximum absolute atomic E-state index is 13.4. The molecule has 5 nitrogen and oxygen atoms in total. The van der Waals surface area contributed by atoms with Crippen LogP contribution in [0.2, 0.25) is 5.02 Å². The first kappa shape index (κ1) is 23.0. The Morgan fingerprint density at radius 3 is 2.37 bits per heavy atom. The molecule has 0 fully saturated rings. The van der Waals surface area contributed by atoms with Crippen molar-refractivity contribution in [1.29, 1.82) is 0 Å². The molecular formula is C19H23Cl2FN2O3. The molecule has 0 aliphatic rings. The van der Waals surface area contributed by atoms with Gasteiger partial charge in [-0.1, -0.05) is 23.7 Å². The van der Waals surface area contributed by atoms with Gasteiger partial charge < -0.3 is 19.7 Å². The molecule has 1 N–H and O–H groups in total. The average Bonchev–Trinajstić information content (AvgIpc) is 2.62. The molecule has 1 amide bonds. The first-order valence-corrected chi connectivity index (χ1v) is 8.52. The van der Waals surface area contributed by atoms with Gasteiger partial charge in [-0.05, 0) is 36.9 Å². The van der Waals surface area contributed by atoms with Crippen molar-refractivity contribution in [2.75, 3.05) is 27.7 Å². The number of carbonyl (C=O) groups is 1. The molecule has 0 aromatic heterocycles. The summed E-state index contributed by atoms with van der Waals surface area (Å²) < 4.78 is 24.2. The summed E-state index contributed by atoms with van der Waals surface area (Å²) in [5, 5.41) is 3.28. The van der Waals surface area contributed by atoms with Gasteiger partial charge in [-0.15, -0.1) is 12.4 Å². The van der Waals surface area contributed by atoms with Gasteiger partial charge in [-0.25, -0.2) is 9.18 Å². The molecule has 0 saturated heterocycles. The average molecular weight is 417 g/mol. The zero-order valence-electron chi connectivity index (χ0n) is 15.4. The second kappa shape index (κ2) is 11.0. The zero-order valence-corrected chi connectivity index (χ0v) is 16.9. The van der Waals surface area contributed by atoms with E-state index in [4.69, 9.17) is 21.1 Å². The van der Waals surface area contributed by atoms with Gasteiger partial charge in [-0.2, -0.15) is 0 Å². The molecule has 0 aliphatic carbocycles. The van der Waals surface area contributed by atoms with Crippen LogP contribution in [0, 0.1) is 5.82 Å². The van der Waals surface area contributed by atoms with Crippen LogP contribution in [0.15, 0.2) is 42.5 Å². The van der Waals surface area contributed by atoms with E-state index in [1.54, 1.807) is 32.3 Å². The summed E-state index contributed by atoms with van der Waals surface area (Å²) in [6.07, 6.45) is 0.254. The predicted molar refractivity (Wildman–Crippen MR) is 107 cm³/mol. The normalized spacial score (nSPS) is 11.3. The van der Waals surface area contributed by atoms with E-state index < -0.39 is 11.9 Å². The first-order valence-electron chi connectivity index (χ1n) is 8.15. The van der Waals surface area contributed by atoms with Crippen molar-refractivity contribution in [3.63, 3.8) is 0 Å². The largest absolute Gasteiger partial charge is 0.493 e. The molecule has 0 saturated carbocycles. The minimum Gasteiger partial charge on any atom is -0.493 e. The van der Waals surface area contributed by atoms with Gasteiger partial charge in [0.1, 0.15) is 17.3 Å². The lowest BCUT2D eigenvalue weighted by Crippen LogP contribution is -2.25. The van der Waals surface area contributed by atoms with Crippen molar-refractivity contribution >= 4 is 30.1 Å². The third-order valence-electron chi connectivity index (χ3n) is 3.77. The highest BCUT2D eigenvalue weighted by atomic mass is 35.5. The highest BCUT2D eigenvalue weighted by Gasteiger charge is 2.12. The monoisotopic (exact) mass is 416 g/mol. The Morgan fingerprint density at radius 1 is 1.19 bits per heavy atom. The van der Waals surface area contributed by atoms with Crippen molar-refractivity contribution in [3.8, 4) is 11.5 Å². The molecule has 27 heavy (non-hydrogen) atoms. The SMILES string of the molecule is CNC(CCOc1ccc(Cl)c(F)c1)c1ccc(OC(=O)N(C)C)cc1.Cl. The Hall–Kier alpha value is -2.02. The third-order valence-corrected chi connectivity index (χ3v) is 4.07. The summed E-state index contributed by atoms with van der Waals surface area (Å²) in [7, 11) is 5.10. The van der Waals surface area contributed by atoms with Crippen molar-refractivity contribution in [2.24, 2.45) is 0 Å². The number of amides is 1. The summed E-state index contributed by atoms with van der Waals surface area (Å²) in [4.78, 5) is 12.9. The molecule has 148 valence electrons. The molecule has 1 atom stereocenters. The summed E-state index contributed by atoms with van der Waals surface area (Å²) in [5.41, 5.74) is 1.03. The minimum atomic E-state index is -0.503. The molecule has 0 bridgehead atoms. The van der Waals surface area contributed by atoms with Gasteiger partial charge in [0.25, 0.3) is 0 Å². The fourth-order valence-electron chi connectivity index (χ4n) is 2.30. The summed E-state index contributed by atoms with van der Waals surface area (Å²) in [6.45, 7) is 0.407.